The van der Waals surface area contributed by atoms with Crippen LogP contribution in [0.25, 0.3) is 0 Å². The smallest absolute Gasteiger partial charge is 0.413 e. The zero-order valence-electron chi connectivity index (χ0n) is 22.6. The number of likely N-dealkylation sites (tertiary alicyclic amines) is 1. The molecule has 6 N–H and O–H groups in total. The monoisotopic (exact) mass is 544 g/mol. The van der Waals surface area contributed by atoms with E-state index in [4.69, 9.17) is 15.9 Å². The number of ether oxygens (including phenoxy) is 1. The van der Waals surface area contributed by atoms with Crippen LogP contribution in [0.3, 0.4) is 0 Å². The lowest BCUT2D eigenvalue weighted by Gasteiger charge is -2.28. The minimum absolute atomic E-state index is 0.118. The van der Waals surface area contributed by atoms with E-state index < -0.39 is 17.7 Å². The largest absolute Gasteiger partial charge is 0.444 e. The molecule has 2 aromatic rings. The van der Waals surface area contributed by atoms with Gasteiger partial charge in [0.2, 0.25) is 0 Å². The summed E-state index contributed by atoms with van der Waals surface area (Å²) in [6, 6.07) is 11.1. The Balaban J connectivity index is 1.59. The molecule has 4 amide bonds. The predicted molar refractivity (Wildman–Crippen MR) is 151 cm³/mol. The van der Waals surface area contributed by atoms with E-state index in [2.05, 4.69) is 33.1 Å². The number of anilines is 1. The number of nitrogens with zero attached hydrogens (tertiary/aromatic N) is 3. The number of carbonyl (C=O) groups is 3. The summed E-state index contributed by atoms with van der Waals surface area (Å²) in [6.07, 6.45) is 1.18. The van der Waals surface area contributed by atoms with E-state index in [1.165, 1.54) is 0 Å². The van der Waals surface area contributed by atoms with Crippen LogP contribution in [0.15, 0.2) is 47.6 Å². The second-order valence-corrected chi connectivity index (χ2v) is 10.3. The van der Waals surface area contributed by atoms with Gasteiger partial charge in [0, 0.05) is 29.8 Å². The lowest BCUT2D eigenvalue weighted by Crippen LogP contribution is -2.41. The zero-order chi connectivity index (χ0) is 28.9. The topological polar surface area (TPSA) is 165 Å². The van der Waals surface area contributed by atoms with Gasteiger partial charge in [-0.2, -0.15) is 5.10 Å². The van der Waals surface area contributed by atoms with E-state index in [1.54, 1.807) is 73.1 Å². The molecule has 2 aliphatic heterocycles. The molecule has 12 heteroatoms. The maximum atomic E-state index is 13.4. The number of rotatable bonds is 5. The summed E-state index contributed by atoms with van der Waals surface area (Å²) in [4.78, 5) is 38.8. The second-order valence-electron chi connectivity index (χ2n) is 10.3. The number of benzene rings is 2. The molecule has 0 radical (unpaired) electrons. The SMILES string of the molecule is CC(C)(C)OC(=O)NC(=N)c1ccc(NN2CC#Cc3ccc(C(=O)N4CCCC4)c(c3)/C2=N/NC(N)=O)cc1. The first-order chi connectivity index (χ1) is 19.0. The fraction of sp³-hybridized carbons (Fsp3) is 0.321. The Hall–Kier alpha value is -5.05. The molecular weight excluding hydrogens is 512 g/mol. The highest BCUT2D eigenvalue weighted by Gasteiger charge is 2.27. The van der Waals surface area contributed by atoms with Gasteiger partial charge in [-0.1, -0.05) is 11.8 Å². The highest BCUT2D eigenvalue weighted by atomic mass is 16.6. The highest BCUT2D eigenvalue weighted by Crippen LogP contribution is 2.22. The van der Waals surface area contributed by atoms with Crippen molar-refractivity contribution in [2.45, 2.75) is 39.2 Å². The number of alkyl carbamates (subject to hydrolysis) is 1. The molecule has 40 heavy (non-hydrogen) atoms. The lowest BCUT2D eigenvalue weighted by atomic mass is 10.0. The summed E-state index contributed by atoms with van der Waals surface area (Å²) in [5.74, 6) is 6.14. The van der Waals surface area contributed by atoms with Gasteiger partial charge >= 0.3 is 12.1 Å². The molecule has 0 atom stereocenters. The second kappa shape index (κ2) is 11.8. The number of urea groups is 1. The number of nitrogens with one attached hydrogen (secondary N) is 4. The fourth-order valence-corrected chi connectivity index (χ4v) is 4.19. The summed E-state index contributed by atoms with van der Waals surface area (Å²) >= 11 is 0. The van der Waals surface area contributed by atoms with Crippen molar-refractivity contribution in [3.05, 3.63) is 64.7 Å². The minimum Gasteiger partial charge on any atom is -0.444 e. The molecule has 208 valence electrons. The van der Waals surface area contributed by atoms with Crippen molar-refractivity contribution in [2.24, 2.45) is 10.8 Å². The van der Waals surface area contributed by atoms with Crippen LogP contribution in [-0.2, 0) is 4.74 Å². The molecule has 0 unspecified atom stereocenters. The van der Waals surface area contributed by atoms with E-state index in [-0.39, 0.29) is 24.1 Å². The maximum absolute atomic E-state index is 13.4. The molecule has 4 rings (SSSR count). The molecule has 1 saturated heterocycles. The Kier molecular flexibility index (Phi) is 8.23. The van der Waals surface area contributed by atoms with Gasteiger partial charge in [0.1, 0.15) is 18.0 Å². The molecular formula is C28H32N8O4. The zero-order valence-corrected chi connectivity index (χ0v) is 22.6. The van der Waals surface area contributed by atoms with Crippen LogP contribution in [0.2, 0.25) is 0 Å². The average Bonchev–Trinajstić information content (AvgIpc) is 3.42. The molecule has 0 aliphatic carbocycles. The third kappa shape index (κ3) is 7.08. The summed E-state index contributed by atoms with van der Waals surface area (Å²) in [5, 5.41) is 16.4. The number of hydrazone groups is 1. The standard InChI is InChI=1S/C28H32N8O4/c1-28(2,3)40-27(39)31-23(29)19-9-11-20(12-10-19)34-36-16-6-7-18-8-13-21(25(37)35-14-4-5-15-35)22(17-18)24(36)32-33-26(30)38/h8-13,17,34H,4-5,14-16H2,1-3H3,(H2,29,31,39)(H3,30,33,38)/b32-24-. The van der Waals surface area contributed by atoms with E-state index in [0.717, 1.165) is 12.8 Å². The molecule has 2 bridgehead atoms. The van der Waals surface area contributed by atoms with Gasteiger partial charge in [0.05, 0.1) is 11.3 Å². The third-order valence-electron chi connectivity index (χ3n) is 5.95. The number of hydrazine groups is 1. The van der Waals surface area contributed by atoms with Crippen molar-refractivity contribution in [1.29, 1.82) is 5.41 Å². The van der Waals surface area contributed by atoms with Gasteiger partial charge < -0.3 is 15.4 Å². The van der Waals surface area contributed by atoms with Crippen molar-refractivity contribution in [2.75, 3.05) is 25.1 Å². The third-order valence-corrected chi connectivity index (χ3v) is 5.95. The number of fused-ring (bicyclic) bond motifs is 2. The van der Waals surface area contributed by atoms with Crippen LogP contribution >= 0.6 is 0 Å². The van der Waals surface area contributed by atoms with Gasteiger partial charge in [-0.15, -0.1) is 0 Å². The molecule has 0 spiro atoms. The van der Waals surface area contributed by atoms with Gasteiger partial charge in [-0.05, 0) is 76.1 Å². The fourth-order valence-electron chi connectivity index (χ4n) is 4.19. The van der Waals surface area contributed by atoms with Crippen molar-refractivity contribution in [1.82, 2.24) is 20.7 Å². The molecule has 2 aromatic carbocycles. The summed E-state index contributed by atoms with van der Waals surface area (Å²) in [6.45, 7) is 6.74. The molecule has 0 saturated carbocycles. The highest BCUT2D eigenvalue weighted by molar-refractivity contribution is 6.10. The van der Waals surface area contributed by atoms with Gasteiger partial charge in [-0.25, -0.2) is 15.0 Å². The van der Waals surface area contributed by atoms with Crippen LogP contribution in [0, 0.1) is 17.3 Å². The average molecular weight is 545 g/mol. The summed E-state index contributed by atoms with van der Waals surface area (Å²) in [5.41, 5.74) is 12.8. The van der Waals surface area contributed by atoms with Gasteiger partial charge in [0.15, 0.2) is 5.84 Å². The Morgan fingerprint density at radius 2 is 1.77 bits per heavy atom. The maximum Gasteiger partial charge on any atom is 0.413 e. The Morgan fingerprint density at radius 1 is 1.07 bits per heavy atom. The van der Waals surface area contributed by atoms with Crippen LogP contribution in [0.4, 0.5) is 15.3 Å². The number of carbonyl (C=O) groups excluding carboxylic acids is 3. The predicted octanol–water partition coefficient (Wildman–Crippen LogP) is 2.80. The Morgan fingerprint density at radius 3 is 2.42 bits per heavy atom. The first kappa shape index (κ1) is 28.0. The molecule has 12 nitrogen and oxygen atoms in total. The quantitative estimate of drug-likeness (QED) is 0.168. The van der Waals surface area contributed by atoms with Crippen LogP contribution < -0.4 is 21.9 Å². The van der Waals surface area contributed by atoms with Crippen molar-refractivity contribution in [3.63, 3.8) is 0 Å². The lowest BCUT2D eigenvalue weighted by molar-refractivity contribution is 0.0562. The normalized spacial score (nSPS) is 15.3. The van der Waals surface area contributed by atoms with E-state index in [9.17, 15) is 14.4 Å². The van der Waals surface area contributed by atoms with E-state index in [0.29, 0.717) is 41.0 Å². The van der Waals surface area contributed by atoms with Gasteiger partial charge in [0.25, 0.3) is 5.91 Å². The molecule has 0 aromatic heterocycles. The number of hydrogen-bond acceptors (Lipinski definition) is 7. The number of nitrogens with two attached hydrogens (primary N) is 1. The number of amides is 4. The van der Waals surface area contributed by atoms with Crippen LogP contribution in [-0.4, -0.2) is 64.8 Å². The first-order valence-corrected chi connectivity index (χ1v) is 12.8. The van der Waals surface area contributed by atoms with Crippen molar-refractivity contribution >= 4 is 35.4 Å². The summed E-state index contributed by atoms with van der Waals surface area (Å²) < 4.78 is 5.20. The number of amidine groups is 2. The van der Waals surface area contributed by atoms with Crippen molar-refractivity contribution in [3.8, 4) is 11.8 Å². The van der Waals surface area contributed by atoms with Crippen molar-refractivity contribution < 1.29 is 19.1 Å². The number of hydrogen-bond donors (Lipinski definition) is 5. The molecule has 1 fully saturated rings. The van der Waals surface area contributed by atoms with Crippen LogP contribution in [0.5, 0.6) is 0 Å². The van der Waals surface area contributed by atoms with E-state index in [1.807, 2.05) is 0 Å². The van der Waals surface area contributed by atoms with Crippen LogP contribution in [0.1, 0.15) is 60.7 Å². The Bertz CT molecular complexity index is 1410. The number of primary amides is 1. The van der Waals surface area contributed by atoms with E-state index >= 15 is 0 Å². The minimum atomic E-state index is -0.857. The first-order valence-electron chi connectivity index (χ1n) is 12.8. The van der Waals surface area contributed by atoms with Gasteiger partial charge in [-0.3, -0.25) is 26.0 Å². The summed E-state index contributed by atoms with van der Waals surface area (Å²) in [7, 11) is 0. The molecule has 2 heterocycles. The molecule has 2 aliphatic rings. The Labute approximate surface area is 232 Å².